The van der Waals surface area contributed by atoms with Gasteiger partial charge in [0.2, 0.25) is 0 Å². The van der Waals surface area contributed by atoms with E-state index in [0.29, 0.717) is 23.7 Å². The van der Waals surface area contributed by atoms with Gasteiger partial charge in [-0.1, -0.05) is 90.8 Å². The van der Waals surface area contributed by atoms with Gasteiger partial charge in [-0.05, 0) is 66.8 Å². The fourth-order valence-corrected chi connectivity index (χ4v) is 4.77. The van der Waals surface area contributed by atoms with Crippen LogP contribution in [-0.2, 0) is 17.1 Å². The first kappa shape index (κ1) is 31.5. The molecule has 2 rings (SSSR count). The maximum absolute atomic E-state index is 3.80. The standard InChI is InChI=1S/C31H51N3.Fe/c1-20(2)26-16-24(9)17-27(21(3)4)30(26)32-12-14-34(11)15-13-33-31-28(22(5)6)18-25(10)19-29(31)23(7)8;/h16-23,32-33H,12-15H2,1-11H3;. The van der Waals surface area contributed by atoms with Gasteiger partial charge in [0.25, 0.3) is 0 Å². The third-order valence-electron chi connectivity index (χ3n) is 6.77. The Morgan fingerprint density at radius 1 is 0.571 bits per heavy atom. The number of hydrogen-bond donors (Lipinski definition) is 2. The van der Waals surface area contributed by atoms with Crippen LogP contribution in [0.15, 0.2) is 24.3 Å². The van der Waals surface area contributed by atoms with Gasteiger partial charge >= 0.3 is 0 Å². The number of benzene rings is 2. The maximum Gasteiger partial charge on any atom is 0.0411 e. The summed E-state index contributed by atoms with van der Waals surface area (Å²) in [7, 11) is 2.23. The summed E-state index contributed by atoms with van der Waals surface area (Å²) in [6, 6.07) is 9.42. The number of nitrogens with one attached hydrogen (secondary N) is 2. The van der Waals surface area contributed by atoms with Crippen molar-refractivity contribution in [3.63, 3.8) is 0 Å². The number of rotatable bonds is 12. The second kappa shape index (κ2) is 14.3. The smallest absolute Gasteiger partial charge is 0.0411 e. The zero-order valence-corrected chi connectivity index (χ0v) is 25.4. The Balaban J connectivity index is 0.00000612. The van der Waals surface area contributed by atoms with Crippen LogP contribution in [0.1, 0.15) is 112 Å². The number of anilines is 2. The first-order chi connectivity index (χ1) is 15.9. The van der Waals surface area contributed by atoms with Crippen molar-refractivity contribution in [2.45, 2.75) is 92.9 Å². The van der Waals surface area contributed by atoms with Crippen molar-refractivity contribution in [2.24, 2.45) is 0 Å². The molecule has 0 aliphatic carbocycles. The molecule has 2 aromatic rings. The molecule has 3 nitrogen and oxygen atoms in total. The van der Waals surface area contributed by atoms with E-state index in [1.165, 1.54) is 44.8 Å². The molecule has 0 aliphatic rings. The fourth-order valence-electron chi connectivity index (χ4n) is 4.77. The van der Waals surface area contributed by atoms with Crippen molar-refractivity contribution in [1.29, 1.82) is 0 Å². The van der Waals surface area contributed by atoms with Crippen LogP contribution in [0.3, 0.4) is 0 Å². The monoisotopic (exact) mass is 521 g/mol. The van der Waals surface area contributed by atoms with Crippen LogP contribution in [0.4, 0.5) is 11.4 Å². The molecule has 2 aromatic carbocycles. The first-order valence-corrected chi connectivity index (χ1v) is 13.4. The van der Waals surface area contributed by atoms with E-state index < -0.39 is 0 Å². The van der Waals surface area contributed by atoms with Crippen LogP contribution >= 0.6 is 0 Å². The minimum atomic E-state index is 0. The summed E-state index contributed by atoms with van der Waals surface area (Å²) in [6.45, 7) is 26.7. The molecule has 0 bridgehead atoms. The molecule has 0 atom stereocenters. The van der Waals surface area contributed by atoms with Gasteiger partial charge in [0.1, 0.15) is 0 Å². The molecule has 0 aromatic heterocycles. The van der Waals surface area contributed by atoms with Gasteiger partial charge in [0, 0.05) is 54.6 Å². The Bertz CT molecular complexity index is 797. The molecule has 2 N–H and O–H groups in total. The predicted molar refractivity (Wildman–Crippen MR) is 153 cm³/mol. The summed E-state index contributed by atoms with van der Waals surface area (Å²) >= 11 is 0. The predicted octanol–water partition coefficient (Wildman–Crippen LogP) is 8.25. The molecule has 35 heavy (non-hydrogen) atoms. The zero-order chi connectivity index (χ0) is 25.6. The Labute approximate surface area is 227 Å². The summed E-state index contributed by atoms with van der Waals surface area (Å²) in [5, 5.41) is 7.61. The van der Waals surface area contributed by atoms with Crippen molar-refractivity contribution in [1.82, 2.24) is 4.90 Å². The van der Waals surface area contributed by atoms with Crippen LogP contribution in [0.25, 0.3) is 0 Å². The van der Waals surface area contributed by atoms with Gasteiger partial charge in [-0.3, -0.25) is 0 Å². The van der Waals surface area contributed by atoms with Gasteiger partial charge in [-0.15, -0.1) is 0 Å². The summed E-state index contributed by atoms with van der Waals surface area (Å²) in [5.41, 5.74) is 11.2. The molecule has 0 saturated carbocycles. The van der Waals surface area contributed by atoms with E-state index >= 15 is 0 Å². The maximum atomic E-state index is 3.80. The van der Waals surface area contributed by atoms with Gasteiger partial charge < -0.3 is 15.5 Å². The van der Waals surface area contributed by atoms with Gasteiger partial charge in [-0.25, -0.2) is 0 Å². The minimum absolute atomic E-state index is 0. The van der Waals surface area contributed by atoms with E-state index in [1.54, 1.807) is 0 Å². The van der Waals surface area contributed by atoms with Crippen molar-refractivity contribution in [2.75, 3.05) is 43.9 Å². The van der Waals surface area contributed by atoms with Crippen molar-refractivity contribution >= 4 is 11.4 Å². The number of nitrogens with zero attached hydrogens (tertiary/aromatic N) is 1. The largest absolute Gasteiger partial charge is 0.383 e. The van der Waals surface area contributed by atoms with Crippen molar-refractivity contribution < 1.29 is 17.1 Å². The van der Waals surface area contributed by atoms with Gasteiger partial charge in [-0.2, -0.15) is 0 Å². The molecule has 0 spiro atoms. The molecule has 0 radical (unpaired) electrons. The summed E-state index contributed by atoms with van der Waals surface area (Å²) < 4.78 is 0. The van der Waals surface area contributed by atoms with E-state index in [4.69, 9.17) is 0 Å². The molecule has 0 aliphatic heterocycles. The van der Waals surface area contributed by atoms with Gasteiger partial charge in [0.05, 0.1) is 0 Å². The quantitative estimate of drug-likeness (QED) is 0.275. The van der Waals surface area contributed by atoms with E-state index in [9.17, 15) is 0 Å². The molecule has 0 amide bonds. The minimum Gasteiger partial charge on any atom is -0.383 e. The number of hydrogen-bond acceptors (Lipinski definition) is 3. The third-order valence-corrected chi connectivity index (χ3v) is 6.77. The normalized spacial score (nSPS) is 11.7. The SMILES string of the molecule is Cc1cc(C(C)C)c(NCCN(C)CCNc2c(C(C)C)cc(C)cc2C(C)C)c(C(C)C)c1.[Fe]. The van der Waals surface area contributed by atoms with Crippen LogP contribution in [-0.4, -0.2) is 38.1 Å². The van der Waals surface area contributed by atoms with E-state index in [-0.39, 0.29) is 17.1 Å². The topological polar surface area (TPSA) is 27.3 Å². The third kappa shape index (κ3) is 8.84. The van der Waals surface area contributed by atoms with Gasteiger partial charge in [0.15, 0.2) is 0 Å². The molecule has 4 heteroatoms. The first-order valence-electron chi connectivity index (χ1n) is 13.4. The van der Waals surface area contributed by atoms with Crippen LogP contribution < -0.4 is 10.6 Å². The Morgan fingerprint density at radius 2 is 0.829 bits per heavy atom. The molecule has 198 valence electrons. The molecular weight excluding hydrogens is 470 g/mol. The Morgan fingerprint density at radius 3 is 1.06 bits per heavy atom. The van der Waals surface area contributed by atoms with Crippen LogP contribution in [0, 0.1) is 13.8 Å². The van der Waals surface area contributed by atoms with Crippen molar-refractivity contribution in [3.05, 3.63) is 57.6 Å². The van der Waals surface area contributed by atoms with Crippen molar-refractivity contribution in [3.8, 4) is 0 Å². The van der Waals surface area contributed by atoms with E-state index in [0.717, 1.165) is 26.2 Å². The van der Waals surface area contributed by atoms with Crippen LogP contribution in [0.2, 0.25) is 0 Å². The number of likely N-dealkylation sites (N-methyl/N-ethyl adjacent to an activating group) is 1. The second-order valence-corrected chi connectivity index (χ2v) is 11.4. The Kier molecular flexibility index (Phi) is 12.9. The van der Waals surface area contributed by atoms with E-state index in [1.807, 2.05) is 0 Å². The molecule has 0 fully saturated rings. The molecular formula is C31H51FeN3. The number of aryl methyl sites for hydroxylation is 2. The summed E-state index contributed by atoms with van der Waals surface area (Å²) in [5.74, 6) is 2.06. The molecule has 0 unspecified atom stereocenters. The summed E-state index contributed by atoms with van der Waals surface area (Å²) in [4.78, 5) is 2.43. The zero-order valence-electron chi connectivity index (χ0n) is 24.2. The average molecular weight is 522 g/mol. The Hall–Kier alpha value is -1.48. The molecule has 0 heterocycles. The summed E-state index contributed by atoms with van der Waals surface area (Å²) in [6.07, 6.45) is 0. The fraction of sp³-hybridized carbons (Fsp3) is 0.613. The average Bonchev–Trinajstić information content (AvgIpc) is 2.74. The van der Waals surface area contributed by atoms with Crippen LogP contribution in [0.5, 0.6) is 0 Å². The van der Waals surface area contributed by atoms with E-state index in [2.05, 4.69) is 116 Å². The molecule has 0 saturated heterocycles. The second-order valence-electron chi connectivity index (χ2n) is 11.4.